The highest BCUT2D eigenvalue weighted by molar-refractivity contribution is 6.00. The molecule has 0 radical (unpaired) electrons. The zero-order valence-electron chi connectivity index (χ0n) is 20.4. The number of fused-ring (bicyclic) bond motifs is 2. The van der Waals surface area contributed by atoms with Gasteiger partial charge in [0, 0.05) is 47.0 Å². The Morgan fingerprint density at radius 2 is 1.92 bits per heavy atom. The van der Waals surface area contributed by atoms with E-state index in [1.165, 1.54) is 31.2 Å². The zero-order valence-corrected chi connectivity index (χ0v) is 20.4. The predicted molar refractivity (Wildman–Crippen MR) is 144 cm³/mol. The molecule has 0 amide bonds. The second-order valence-electron chi connectivity index (χ2n) is 9.87. The summed E-state index contributed by atoms with van der Waals surface area (Å²) in [6, 6.07) is 10.3. The summed E-state index contributed by atoms with van der Waals surface area (Å²) in [4.78, 5) is 17.2. The minimum Gasteiger partial charge on any atom is -0.472 e. The van der Waals surface area contributed by atoms with E-state index in [2.05, 4.69) is 48.7 Å². The van der Waals surface area contributed by atoms with Crippen molar-refractivity contribution in [3.05, 3.63) is 73.2 Å². The Morgan fingerprint density at radius 3 is 2.81 bits per heavy atom. The Kier molecular flexibility index (Phi) is 5.51. The van der Waals surface area contributed by atoms with Gasteiger partial charge >= 0.3 is 0 Å². The summed E-state index contributed by atoms with van der Waals surface area (Å²) in [5.74, 6) is 0.815. The third kappa shape index (κ3) is 4.19. The molecule has 0 aliphatic heterocycles. The number of nitrogens with one attached hydrogen (secondary N) is 3. The van der Waals surface area contributed by atoms with Gasteiger partial charge in [-0.25, -0.2) is 4.98 Å². The number of furan rings is 1. The summed E-state index contributed by atoms with van der Waals surface area (Å²) in [5, 5.41) is 13.4. The molecule has 8 nitrogen and oxygen atoms in total. The summed E-state index contributed by atoms with van der Waals surface area (Å²) in [5.41, 5.74) is 8.52. The fraction of sp³-hybridized carbons (Fsp3) is 0.241. The molecule has 3 N–H and O–H groups in total. The average Bonchev–Trinajstić information content (AvgIpc) is 3.74. The monoisotopic (exact) mass is 489 g/mol. The predicted octanol–water partition coefficient (Wildman–Crippen LogP) is 6.10. The molecular formula is C29H27N7O. The number of aromatic nitrogens is 6. The summed E-state index contributed by atoms with van der Waals surface area (Å²) in [6.45, 7) is 1.89. The van der Waals surface area contributed by atoms with Gasteiger partial charge in [0.15, 0.2) is 0 Å². The SMILES string of the molecule is c1cc(-c2ccoc2)c2cc(-c3n[nH]c4cnc(-c5cncc(CNCC6CCCC6)c5)cc34)[nH]c2n1. The van der Waals surface area contributed by atoms with Crippen molar-refractivity contribution < 1.29 is 4.42 Å². The molecule has 184 valence electrons. The van der Waals surface area contributed by atoms with Gasteiger partial charge in [0.2, 0.25) is 0 Å². The summed E-state index contributed by atoms with van der Waals surface area (Å²) < 4.78 is 5.30. The van der Waals surface area contributed by atoms with Gasteiger partial charge < -0.3 is 14.7 Å². The number of H-pyrrole nitrogens is 2. The Balaban J connectivity index is 1.20. The van der Waals surface area contributed by atoms with Gasteiger partial charge in [0.25, 0.3) is 0 Å². The van der Waals surface area contributed by atoms with Gasteiger partial charge in [-0.3, -0.25) is 15.1 Å². The first-order valence-electron chi connectivity index (χ1n) is 12.8. The van der Waals surface area contributed by atoms with Crippen LogP contribution < -0.4 is 5.32 Å². The van der Waals surface area contributed by atoms with Gasteiger partial charge in [-0.2, -0.15) is 5.10 Å². The van der Waals surface area contributed by atoms with Gasteiger partial charge in [-0.15, -0.1) is 0 Å². The van der Waals surface area contributed by atoms with E-state index in [-0.39, 0.29) is 0 Å². The first-order chi connectivity index (χ1) is 18.3. The molecule has 1 fully saturated rings. The van der Waals surface area contributed by atoms with Crippen molar-refractivity contribution in [2.45, 2.75) is 32.2 Å². The first kappa shape index (κ1) is 21.9. The van der Waals surface area contributed by atoms with Crippen molar-refractivity contribution >= 4 is 21.9 Å². The lowest BCUT2D eigenvalue weighted by Crippen LogP contribution is -2.20. The van der Waals surface area contributed by atoms with Crippen LogP contribution in [0.1, 0.15) is 31.2 Å². The van der Waals surface area contributed by atoms with Crippen molar-refractivity contribution in [3.8, 4) is 33.8 Å². The van der Waals surface area contributed by atoms with Crippen LogP contribution in [0.3, 0.4) is 0 Å². The van der Waals surface area contributed by atoms with Crippen LogP contribution in [0.4, 0.5) is 0 Å². The highest BCUT2D eigenvalue weighted by Gasteiger charge is 2.16. The molecule has 0 unspecified atom stereocenters. The highest BCUT2D eigenvalue weighted by Crippen LogP contribution is 2.34. The van der Waals surface area contributed by atoms with Gasteiger partial charge in [0.1, 0.15) is 11.3 Å². The second-order valence-corrected chi connectivity index (χ2v) is 9.87. The molecule has 1 aliphatic carbocycles. The number of hydrogen-bond acceptors (Lipinski definition) is 6. The summed E-state index contributed by atoms with van der Waals surface area (Å²) >= 11 is 0. The van der Waals surface area contributed by atoms with E-state index >= 15 is 0 Å². The maximum Gasteiger partial charge on any atom is 0.138 e. The van der Waals surface area contributed by atoms with Crippen LogP contribution in [0.5, 0.6) is 0 Å². The quantitative estimate of drug-likeness (QED) is 0.250. The maximum absolute atomic E-state index is 5.30. The standard InChI is InChI=1S/C29H27N7O/c1-2-4-18(3-1)12-30-13-19-9-21(15-31-14-19)25-11-24-27(16-33-25)35-36-28(24)26-10-23-22(20-6-8-37-17-20)5-7-32-29(23)34-26/h5-11,14-18,30H,1-4,12-13H2,(H,32,34)(H,35,36). The Morgan fingerprint density at radius 1 is 0.973 bits per heavy atom. The molecule has 7 rings (SSSR count). The Bertz CT molecular complexity index is 1680. The van der Waals surface area contributed by atoms with Crippen molar-refractivity contribution in [1.82, 2.24) is 35.5 Å². The average molecular weight is 490 g/mol. The second kappa shape index (κ2) is 9.29. The molecule has 0 spiro atoms. The van der Waals surface area contributed by atoms with E-state index < -0.39 is 0 Å². The summed E-state index contributed by atoms with van der Waals surface area (Å²) in [7, 11) is 0. The number of hydrogen-bond donors (Lipinski definition) is 3. The zero-order chi connectivity index (χ0) is 24.6. The third-order valence-electron chi connectivity index (χ3n) is 7.39. The molecule has 37 heavy (non-hydrogen) atoms. The first-order valence-corrected chi connectivity index (χ1v) is 12.8. The van der Waals surface area contributed by atoms with Crippen LogP contribution in [-0.4, -0.2) is 36.7 Å². The molecule has 6 heterocycles. The van der Waals surface area contributed by atoms with Crippen molar-refractivity contribution in [2.24, 2.45) is 5.92 Å². The van der Waals surface area contributed by atoms with Crippen LogP contribution in [0.2, 0.25) is 0 Å². The van der Waals surface area contributed by atoms with E-state index in [9.17, 15) is 0 Å². The molecule has 0 bridgehead atoms. The number of pyridine rings is 3. The number of nitrogens with zero attached hydrogens (tertiary/aromatic N) is 4. The van der Waals surface area contributed by atoms with Crippen LogP contribution in [0.15, 0.2) is 72.1 Å². The lowest BCUT2D eigenvalue weighted by Gasteiger charge is -2.11. The topological polar surface area (TPSA) is 108 Å². The third-order valence-corrected chi connectivity index (χ3v) is 7.39. The normalized spacial score (nSPS) is 14.3. The van der Waals surface area contributed by atoms with Crippen molar-refractivity contribution in [3.63, 3.8) is 0 Å². The van der Waals surface area contributed by atoms with E-state index in [1.807, 2.05) is 30.7 Å². The van der Waals surface area contributed by atoms with Crippen LogP contribution in [-0.2, 0) is 6.54 Å². The molecule has 6 aromatic rings. The molecular weight excluding hydrogens is 462 g/mol. The largest absolute Gasteiger partial charge is 0.472 e. The highest BCUT2D eigenvalue weighted by atomic mass is 16.3. The minimum atomic E-state index is 0.807. The van der Waals surface area contributed by atoms with Gasteiger partial charge in [0.05, 0.1) is 35.6 Å². The smallest absolute Gasteiger partial charge is 0.138 e. The molecule has 6 aromatic heterocycles. The van der Waals surface area contributed by atoms with Gasteiger partial charge in [-0.1, -0.05) is 12.8 Å². The molecule has 1 saturated carbocycles. The van der Waals surface area contributed by atoms with Crippen molar-refractivity contribution in [2.75, 3.05) is 6.54 Å². The van der Waals surface area contributed by atoms with Crippen LogP contribution >= 0.6 is 0 Å². The van der Waals surface area contributed by atoms with E-state index in [0.717, 1.165) is 74.7 Å². The van der Waals surface area contributed by atoms with E-state index in [0.29, 0.717) is 0 Å². The van der Waals surface area contributed by atoms with Crippen LogP contribution in [0, 0.1) is 5.92 Å². The Hall–Kier alpha value is -4.30. The minimum absolute atomic E-state index is 0.807. The fourth-order valence-corrected chi connectivity index (χ4v) is 5.46. The molecule has 0 saturated heterocycles. The van der Waals surface area contributed by atoms with Gasteiger partial charge in [-0.05, 0) is 66.8 Å². The molecule has 8 heteroatoms. The molecule has 0 aromatic carbocycles. The summed E-state index contributed by atoms with van der Waals surface area (Å²) in [6.07, 6.45) is 16.3. The Labute approximate surface area is 213 Å². The molecule has 1 aliphatic rings. The molecule has 0 atom stereocenters. The number of rotatable bonds is 7. The fourth-order valence-electron chi connectivity index (χ4n) is 5.46. The lowest BCUT2D eigenvalue weighted by atomic mass is 10.1. The lowest BCUT2D eigenvalue weighted by molar-refractivity contribution is 0.489. The number of aromatic amines is 2. The van der Waals surface area contributed by atoms with Crippen LogP contribution in [0.25, 0.3) is 55.7 Å². The van der Waals surface area contributed by atoms with Crippen molar-refractivity contribution in [1.29, 1.82) is 0 Å². The maximum atomic E-state index is 5.30. The van der Waals surface area contributed by atoms with E-state index in [4.69, 9.17) is 9.40 Å². The van der Waals surface area contributed by atoms with E-state index in [1.54, 1.807) is 18.7 Å².